The molecule has 0 spiro atoms. The zero-order valence-electron chi connectivity index (χ0n) is 9.71. The molecule has 0 aliphatic rings. The number of benzene rings is 1. The minimum atomic E-state index is -0.638. The molecule has 0 aliphatic heterocycles. The predicted octanol–water partition coefficient (Wildman–Crippen LogP) is 3.96. The number of ether oxygens (including phenoxy) is 1. The second kappa shape index (κ2) is 5.74. The monoisotopic (exact) mass is 309 g/mol. The highest BCUT2D eigenvalue weighted by atomic mass is 35.5. The molecule has 1 aromatic carbocycles. The second-order valence-corrected chi connectivity index (χ2v) is 4.40. The summed E-state index contributed by atoms with van der Waals surface area (Å²) in [4.78, 5) is 14.2. The van der Waals surface area contributed by atoms with E-state index in [1.807, 2.05) is 6.07 Å². The van der Waals surface area contributed by atoms with Crippen LogP contribution in [0.5, 0.6) is 11.6 Å². The summed E-state index contributed by atoms with van der Waals surface area (Å²) in [6.07, 6.45) is 1.29. The molecule has 8 heteroatoms. The second-order valence-electron chi connectivity index (χ2n) is 3.59. The molecule has 0 N–H and O–H groups in total. The molecule has 2 rings (SSSR count). The largest absolute Gasteiger partial charge is 0.432 e. The van der Waals surface area contributed by atoms with Gasteiger partial charge in [0, 0.05) is 24.4 Å². The molecule has 20 heavy (non-hydrogen) atoms. The van der Waals surface area contributed by atoms with Gasteiger partial charge in [-0.25, -0.2) is 4.98 Å². The Morgan fingerprint density at radius 1 is 1.30 bits per heavy atom. The van der Waals surface area contributed by atoms with Gasteiger partial charge in [0.1, 0.15) is 6.07 Å². The van der Waals surface area contributed by atoms with E-state index >= 15 is 0 Å². The molecule has 2 aromatic rings. The van der Waals surface area contributed by atoms with Gasteiger partial charge in [0.05, 0.1) is 20.5 Å². The molecule has 100 valence electrons. The molecule has 0 fully saturated rings. The maximum Gasteiger partial charge on any atom is 0.313 e. The minimum absolute atomic E-state index is 0.0542. The fourth-order valence-corrected chi connectivity index (χ4v) is 1.67. The van der Waals surface area contributed by atoms with E-state index in [0.29, 0.717) is 5.56 Å². The van der Waals surface area contributed by atoms with E-state index in [4.69, 9.17) is 33.2 Å². The van der Waals surface area contributed by atoms with Gasteiger partial charge < -0.3 is 4.74 Å². The third kappa shape index (κ3) is 2.96. The Labute approximate surface area is 123 Å². The smallest absolute Gasteiger partial charge is 0.313 e. The summed E-state index contributed by atoms with van der Waals surface area (Å²) < 4.78 is 5.30. The average molecular weight is 310 g/mol. The molecule has 0 unspecified atom stereocenters. The van der Waals surface area contributed by atoms with Crippen LogP contribution in [0.15, 0.2) is 30.5 Å². The van der Waals surface area contributed by atoms with Gasteiger partial charge in [0.15, 0.2) is 0 Å². The van der Waals surface area contributed by atoms with Gasteiger partial charge in [-0.2, -0.15) is 5.26 Å². The van der Waals surface area contributed by atoms with Gasteiger partial charge in [-0.3, -0.25) is 10.1 Å². The minimum Gasteiger partial charge on any atom is -0.432 e. The Kier molecular flexibility index (Phi) is 4.03. The highest BCUT2D eigenvalue weighted by Crippen LogP contribution is 2.37. The number of pyridine rings is 1. The Bertz CT molecular complexity index is 711. The summed E-state index contributed by atoms with van der Waals surface area (Å²) in [7, 11) is 0. The van der Waals surface area contributed by atoms with Crippen LogP contribution in [0.1, 0.15) is 5.56 Å². The Balaban J connectivity index is 2.39. The van der Waals surface area contributed by atoms with Crippen molar-refractivity contribution in [3.63, 3.8) is 0 Å². The molecule has 6 nitrogen and oxygen atoms in total. The third-order valence-electron chi connectivity index (χ3n) is 2.28. The topological polar surface area (TPSA) is 89.0 Å². The number of nitrogens with zero attached hydrogens (tertiary/aromatic N) is 3. The summed E-state index contributed by atoms with van der Waals surface area (Å²) in [6.45, 7) is 0. The SMILES string of the molecule is N#Cc1ccc(Oc2cc(Cl)c(Cl)cc2[N+](=O)[O-])nc1. The van der Waals surface area contributed by atoms with Crippen molar-refractivity contribution in [3.05, 3.63) is 56.2 Å². The van der Waals surface area contributed by atoms with Crippen molar-refractivity contribution < 1.29 is 9.66 Å². The van der Waals surface area contributed by atoms with Crippen molar-refractivity contribution in [2.75, 3.05) is 0 Å². The number of nitriles is 1. The van der Waals surface area contributed by atoms with Crippen molar-refractivity contribution in [1.29, 1.82) is 5.26 Å². The first-order chi connectivity index (χ1) is 9.51. The molecule has 0 saturated carbocycles. The molecule has 0 radical (unpaired) electrons. The lowest BCUT2D eigenvalue weighted by Gasteiger charge is -2.06. The highest BCUT2D eigenvalue weighted by molar-refractivity contribution is 6.42. The summed E-state index contributed by atoms with van der Waals surface area (Å²) >= 11 is 11.5. The average Bonchev–Trinajstić information content (AvgIpc) is 2.43. The number of nitro groups is 1. The van der Waals surface area contributed by atoms with E-state index in [1.54, 1.807) is 0 Å². The molecule has 0 aliphatic carbocycles. The predicted molar refractivity (Wildman–Crippen MR) is 72.1 cm³/mol. The fraction of sp³-hybridized carbons (Fsp3) is 0. The zero-order chi connectivity index (χ0) is 14.7. The van der Waals surface area contributed by atoms with Crippen molar-refractivity contribution in [1.82, 2.24) is 4.98 Å². The summed E-state index contributed by atoms with van der Waals surface area (Å²) in [5.41, 5.74) is 0.0200. The van der Waals surface area contributed by atoms with E-state index in [9.17, 15) is 10.1 Å². The van der Waals surface area contributed by atoms with E-state index in [1.165, 1.54) is 24.4 Å². The first kappa shape index (κ1) is 14.1. The number of hydrogen-bond donors (Lipinski definition) is 0. The number of nitro benzene ring substituents is 1. The van der Waals surface area contributed by atoms with E-state index in [0.717, 1.165) is 6.07 Å². The lowest BCUT2D eigenvalue weighted by molar-refractivity contribution is -0.385. The summed E-state index contributed by atoms with van der Waals surface area (Å²) in [5.74, 6) is 0.0205. The van der Waals surface area contributed by atoms with Crippen LogP contribution in [0.2, 0.25) is 10.0 Å². The maximum absolute atomic E-state index is 10.9. The van der Waals surface area contributed by atoms with Gasteiger partial charge in [-0.15, -0.1) is 0 Å². The number of halogens is 2. The lowest BCUT2D eigenvalue weighted by Crippen LogP contribution is -1.95. The summed E-state index contributed by atoms with van der Waals surface area (Å²) in [6, 6.07) is 7.14. The van der Waals surface area contributed by atoms with E-state index in [-0.39, 0.29) is 27.4 Å². The van der Waals surface area contributed by atoms with Crippen LogP contribution in [0, 0.1) is 21.4 Å². The standard InChI is InChI=1S/C12H5Cl2N3O3/c13-8-3-10(17(18)19)11(4-9(8)14)20-12-2-1-7(5-15)6-16-12/h1-4,6H. The molecular formula is C12H5Cl2N3O3. The van der Waals surface area contributed by atoms with Crippen molar-refractivity contribution >= 4 is 28.9 Å². The third-order valence-corrected chi connectivity index (χ3v) is 3.00. The normalized spacial score (nSPS) is 9.85. The van der Waals surface area contributed by atoms with Crippen LogP contribution in [-0.2, 0) is 0 Å². The molecule has 0 atom stereocenters. The van der Waals surface area contributed by atoms with Crippen LogP contribution in [0.4, 0.5) is 5.69 Å². The Morgan fingerprint density at radius 2 is 2.00 bits per heavy atom. The lowest BCUT2D eigenvalue weighted by atomic mass is 10.3. The number of aromatic nitrogens is 1. The zero-order valence-corrected chi connectivity index (χ0v) is 11.2. The van der Waals surface area contributed by atoms with Crippen LogP contribution < -0.4 is 4.74 Å². The molecule has 0 bridgehead atoms. The van der Waals surface area contributed by atoms with E-state index in [2.05, 4.69) is 4.98 Å². The number of rotatable bonds is 3. The molecular weight excluding hydrogens is 305 g/mol. The Morgan fingerprint density at radius 3 is 2.55 bits per heavy atom. The van der Waals surface area contributed by atoms with Crippen LogP contribution in [0.3, 0.4) is 0 Å². The maximum atomic E-state index is 10.9. The quantitative estimate of drug-likeness (QED) is 0.632. The number of hydrogen-bond acceptors (Lipinski definition) is 5. The van der Waals surface area contributed by atoms with Gasteiger partial charge in [-0.1, -0.05) is 23.2 Å². The molecule has 1 aromatic heterocycles. The van der Waals surface area contributed by atoms with Crippen molar-refractivity contribution in [2.24, 2.45) is 0 Å². The van der Waals surface area contributed by atoms with Crippen LogP contribution >= 0.6 is 23.2 Å². The summed E-state index contributed by atoms with van der Waals surface area (Å²) in [5, 5.41) is 19.8. The molecule has 0 saturated heterocycles. The molecule has 0 amide bonds. The molecule has 1 heterocycles. The van der Waals surface area contributed by atoms with Crippen molar-refractivity contribution in [3.8, 4) is 17.7 Å². The van der Waals surface area contributed by atoms with E-state index < -0.39 is 4.92 Å². The van der Waals surface area contributed by atoms with Gasteiger partial charge >= 0.3 is 5.69 Å². The van der Waals surface area contributed by atoms with Crippen molar-refractivity contribution in [2.45, 2.75) is 0 Å². The van der Waals surface area contributed by atoms with Crippen LogP contribution in [0.25, 0.3) is 0 Å². The van der Waals surface area contributed by atoms with Crippen LogP contribution in [-0.4, -0.2) is 9.91 Å². The Hall–Kier alpha value is -2.36. The highest BCUT2D eigenvalue weighted by Gasteiger charge is 2.19. The fourth-order valence-electron chi connectivity index (χ4n) is 1.36. The first-order valence-corrected chi connectivity index (χ1v) is 5.94. The van der Waals surface area contributed by atoms with Gasteiger partial charge in [0.25, 0.3) is 0 Å². The van der Waals surface area contributed by atoms with Gasteiger partial charge in [0.2, 0.25) is 11.6 Å². The van der Waals surface area contributed by atoms with Gasteiger partial charge in [-0.05, 0) is 6.07 Å². The first-order valence-electron chi connectivity index (χ1n) is 5.18.